The van der Waals surface area contributed by atoms with Crippen molar-refractivity contribution < 1.29 is 0 Å². The van der Waals surface area contributed by atoms with Crippen LogP contribution < -0.4 is 15.6 Å². The number of hydrogen-bond acceptors (Lipinski definition) is 3. The van der Waals surface area contributed by atoms with Crippen LogP contribution in [0.3, 0.4) is 0 Å². The zero-order chi connectivity index (χ0) is 11.2. The third kappa shape index (κ3) is 6.54. The van der Waals surface area contributed by atoms with Crippen LogP contribution in [0.15, 0.2) is 0 Å². The molecule has 0 fully saturated rings. The minimum atomic E-state index is -0.370. The third-order valence-electron chi connectivity index (χ3n) is 2.11. The summed E-state index contributed by atoms with van der Waals surface area (Å²) in [7, 11) is -0.370. The van der Waals surface area contributed by atoms with E-state index in [0.717, 1.165) is 13.1 Å². The first-order chi connectivity index (χ1) is 6.33. The Morgan fingerprint density at radius 3 is 1.64 bits per heavy atom. The largest absolute Gasteiger partial charge is 0.335 e. The molecule has 0 saturated heterocycles. The maximum absolute atomic E-state index is 3.65. The molecule has 0 radical (unpaired) electrons. The number of hydrogen-bond donors (Lipinski definition) is 3. The van der Waals surface area contributed by atoms with Crippen LogP contribution in [0.2, 0.25) is 0 Å². The fraction of sp³-hybridized carbons (Fsp3) is 1.00. The summed E-state index contributed by atoms with van der Waals surface area (Å²) in [5.41, 5.74) is 0.234. The van der Waals surface area contributed by atoms with Gasteiger partial charge < -0.3 is 15.6 Å². The van der Waals surface area contributed by atoms with E-state index in [4.69, 9.17) is 0 Å². The lowest BCUT2D eigenvalue weighted by Crippen LogP contribution is -2.64. The van der Waals surface area contributed by atoms with Gasteiger partial charge in [-0.2, -0.15) is 0 Å². The van der Waals surface area contributed by atoms with E-state index in [-0.39, 0.29) is 20.5 Å². The minimum absolute atomic E-state index is 0.136. The molecule has 4 heteroatoms. The van der Waals surface area contributed by atoms with Crippen LogP contribution in [0.5, 0.6) is 0 Å². The highest BCUT2D eigenvalue weighted by Gasteiger charge is 2.24. The van der Waals surface area contributed by atoms with Crippen molar-refractivity contribution in [3.63, 3.8) is 0 Å². The number of nitrogens with one attached hydrogen (secondary N) is 3. The topological polar surface area (TPSA) is 36.1 Å². The van der Waals surface area contributed by atoms with E-state index in [0.29, 0.717) is 0 Å². The molecule has 0 saturated carbocycles. The molecule has 0 aromatic rings. The molecule has 0 unspecified atom stereocenters. The monoisotopic (exact) mass is 217 g/mol. The van der Waals surface area contributed by atoms with Crippen LogP contribution >= 0.6 is 0 Å². The molecule has 3 nitrogen and oxygen atoms in total. The van der Waals surface area contributed by atoms with Crippen molar-refractivity contribution in [2.45, 2.75) is 52.4 Å². The molecule has 0 bridgehead atoms. The summed E-state index contributed by atoms with van der Waals surface area (Å²) in [4.78, 5) is 3.65. The molecule has 0 aliphatic carbocycles. The van der Waals surface area contributed by atoms with E-state index in [2.05, 4.69) is 57.2 Å². The van der Waals surface area contributed by atoms with Crippen LogP contribution in [-0.4, -0.2) is 33.6 Å². The van der Waals surface area contributed by atoms with Gasteiger partial charge in [-0.1, -0.05) is 13.8 Å². The predicted octanol–water partition coefficient (Wildman–Crippen LogP) is 0.351. The van der Waals surface area contributed by atoms with E-state index in [9.17, 15) is 0 Å². The Bertz CT molecular complexity index is 148. The van der Waals surface area contributed by atoms with Gasteiger partial charge in [-0.25, -0.2) is 0 Å². The van der Waals surface area contributed by atoms with Crippen LogP contribution in [0.1, 0.15) is 41.5 Å². The van der Waals surface area contributed by atoms with Gasteiger partial charge in [-0.15, -0.1) is 0 Å². The lowest BCUT2D eigenvalue weighted by Gasteiger charge is -2.34. The molecule has 0 aliphatic heterocycles. The molecule has 0 aliphatic rings. The summed E-state index contributed by atoms with van der Waals surface area (Å²) in [5, 5.41) is 7.18. The van der Waals surface area contributed by atoms with Crippen LogP contribution in [-0.2, 0) is 0 Å². The van der Waals surface area contributed by atoms with E-state index in [1.165, 1.54) is 0 Å². The van der Waals surface area contributed by atoms with Crippen LogP contribution in [0, 0.1) is 0 Å². The summed E-state index contributed by atoms with van der Waals surface area (Å²) in [6.07, 6.45) is 0. The Hall–Kier alpha value is 0.0969. The highest BCUT2D eigenvalue weighted by atomic mass is 28.2. The Balaban J connectivity index is 4.08. The van der Waals surface area contributed by atoms with E-state index in [1.54, 1.807) is 0 Å². The van der Waals surface area contributed by atoms with Crippen molar-refractivity contribution in [1.82, 2.24) is 15.6 Å². The first kappa shape index (κ1) is 14.1. The average molecular weight is 217 g/mol. The fourth-order valence-electron chi connectivity index (χ4n) is 1.41. The molecular formula is C10H27N3Si. The van der Waals surface area contributed by atoms with Gasteiger partial charge >= 0.3 is 0 Å². The summed E-state index contributed by atoms with van der Waals surface area (Å²) < 4.78 is 0. The third-order valence-corrected chi connectivity index (χ3v) is 4.55. The maximum atomic E-state index is 3.65. The zero-order valence-electron chi connectivity index (χ0n) is 10.6. The zero-order valence-corrected chi connectivity index (χ0v) is 12.0. The van der Waals surface area contributed by atoms with Gasteiger partial charge in [0, 0.05) is 5.54 Å². The fourth-order valence-corrected chi connectivity index (χ4v) is 3.04. The maximum Gasteiger partial charge on any atom is 0.131 e. The van der Waals surface area contributed by atoms with Crippen molar-refractivity contribution >= 4 is 9.68 Å². The Morgan fingerprint density at radius 2 is 1.36 bits per heavy atom. The summed E-state index contributed by atoms with van der Waals surface area (Å²) in [5.74, 6) is 0. The van der Waals surface area contributed by atoms with E-state index in [1.807, 2.05) is 0 Å². The van der Waals surface area contributed by atoms with Crippen LogP contribution in [0.4, 0.5) is 0 Å². The van der Waals surface area contributed by atoms with Crippen molar-refractivity contribution in [1.29, 1.82) is 0 Å². The predicted molar refractivity (Wildman–Crippen MR) is 67.2 cm³/mol. The molecule has 0 spiro atoms. The van der Waals surface area contributed by atoms with Gasteiger partial charge in [-0.3, -0.25) is 0 Å². The Morgan fingerprint density at radius 1 is 0.929 bits per heavy atom. The normalized spacial score (nSPS) is 14.1. The van der Waals surface area contributed by atoms with Gasteiger partial charge in [0.1, 0.15) is 9.68 Å². The molecule has 86 valence electrons. The lowest BCUT2D eigenvalue weighted by atomic mass is 10.1. The van der Waals surface area contributed by atoms with Crippen molar-refractivity contribution in [2.24, 2.45) is 0 Å². The summed E-state index contributed by atoms with van der Waals surface area (Å²) >= 11 is 0. The van der Waals surface area contributed by atoms with Gasteiger partial charge in [-0.05, 0) is 40.8 Å². The van der Waals surface area contributed by atoms with Gasteiger partial charge in [0.2, 0.25) is 0 Å². The average Bonchev–Trinajstić information content (AvgIpc) is 2.01. The standard InChI is InChI=1S/C10H27N3Si/c1-7-11-10(6,12-8-2)14-13-9(3,4)5/h11-13H,7-8,14H2,1-6H3. The molecule has 0 heterocycles. The quantitative estimate of drug-likeness (QED) is 0.444. The smallest absolute Gasteiger partial charge is 0.131 e. The first-order valence-electron chi connectivity index (χ1n) is 5.58. The molecule has 3 N–H and O–H groups in total. The Kier molecular flexibility index (Phi) is 5.89. The molecule has 0 aromatic heterocycles. The second kappa shape index (κ2) is 5.85. The minimum Gasteiger partial charge on any atom is -0.335 e. The highest BCUT2D eigenvalue weighted by molar-refractivity contribution is 6.37. The van der Waals surface area contributed by atoms with E-state index < -0.39 is 0 Å². The molecule has 0 rings (SSSR count). The van der Waals surface area contributed by atoms with Crippen molar-refractivity contribution in [2.75, 3.05) is 13.1 Å². The Labute approximate surface area is 91.3 Å². The van der Waals surface area contributed by atoms with Crippen molar-refractivity contribution in [3.8, 4) is 0 Å². The molecule has 0 atom stereocenters. The SMILES string of the molecule is CCNC(C)(NCC)[SiH2]NC(C)(C)C. The molecular weight excluding hydrogens is 190 g/mol. The number of rotatable bonds is 6. The highest BCUT2D eigenvalue weighted by Crippen LogP contribution is 2.01. The summed E-state index contributed by atoms with van der Waals surface area (Å²) in [6.45, 7) is 15.3. The first-order valence-corrected chi connectivity index (χ1v) is 6.99. The van der Waals surface area contributed by atoms with Gasteiger partial charge in [0.25, 0.3) is 0 Å². The van der Waals surface area contributed by atoms with Crippen LogP contribution in [0.25, 0.3) is 0 Å². The molecule has 14 heavy (non-hydrogen) atoms. The van der Waals surface area contributed by atoms with E-state index >= 15 is 0 Å². The second-order valence-electron chi connectivity index (χ2n) is 5.00. The molecule has 0 amide bonds. The van der Waals surface area contributed by atoms with Crippen molar-refractivity contribution in [3.05, 3.63) is 0 Å². The lowest BCUT2D eigenvalue weighted by molar-refractivity contribution is 0.396. The van der Waals surface area contributed by atoms with Gasteiger partial charge in [0.05, 0.1) is 5.29 Å². The molecule has 0 aromatic carbocycles. The van der Waals surface area contributed by atoms with Gasteiger partial charge in [0.15, 0.2) is 0 Å². The summed E-state index contributed by atoms with van der Waals surface area (Å²) in [6, 6.07) is 0. The second-order valence-corrected chi connectivity index (χ2v) is 7.12.